The van der Waals surface area contributed by atoms with Crippen LogP contribution in [0.3, 0.4) is 0 Å². The van der Waals surface area contributed by atoms with E-state index in [0.717, 1.165) is 19.5 Å². The van der Waals surface area contributed by atoms with E-state index in [9.17, 15) is 5.11 Å². The topological polar surface area (TPSA) is 39.3 Å². The van der Waals surface area contributed by atoms with Gasteiger partial charge in [-0.1, -0.05) is 48.5 Å². The average Bonchev–Trinajstić information content (AvgIpc) is 2.97. The van der Waals surface area contributed by atoms with Gasteiger partial charge in [0.1, 0.15) is 0 Å². The number of H-pyrrole nitrogens is 1. The predicted molar refractivity (Wildman–Crippen MR) is 90.8 cm³/mol. The summed E-state index contributed by atoms with van der Waals surface area (Å²) < 4.78 is 0. The van der Waals surface area contributed by atoms with Crippen molar-refractivity contribution in [2.24, 2.45) is 0 Å². The number of aromatic nitrogens is 1. The van der Waals surface area contributed by atoms with Gasteiger partial charge in [-0.3, -0.25) is 4.90 Å². The molecule has 2 N–H and O–H groups in total. The van der Waals surface area contributed by atoms with Crippen molar-refractivity contribution < 1.29 is 5.11 Å². The molecule has 0 amide bonds. The lowest BCUT2D eigenvalue weighted by Gasteiger charge is -2.21. The number of nitrogens with one attached hydrogen (secondary N) is 1. The van der Waals surface area contributed by atoms with E-state index >= 15 is 0 Å². The molecule has 3 heteroatoms. The smallest absolute Gasteiger partial charge is 0.0558 e. The second-order valence-electron chi connectivity index (χ2n) is 5.59. The van der Waals surface area contributed by atoms with Gasteiger partial charge < -0.3 is 10.1 Å². The summed E-state index contributed by atoms with van der Waals surface area (Å²) in [4.78, 5) is 5.63. The summed E-state index contributed by atoms with van der Waals surface area (Å²) in [6.45, 7) is 2.72. The molecule has 3 nitrogen and oxygen atoms in total. The molecule has 0 aliphatic heterocycles. The Kier molecular flexibility index (Phi) is 4.88. The van der Waals surface area contributed by atoms with Crippen molar-refractivity contribution in [3.63, 3.8) is 0 Å². The van der Waals surface area contributed by atoms with E-state index in [4.69, 9.17) is 0 Å². The second kappa shape index (κ2) is 7.25. The van der Waals surface area contributed by atoms with Crippen LogP contribution in [-0.2, 0) is 13.0 Å². The van der Waals surface area contributed by atoms with E-state index in [2.05, 4.69) is 64.6 Å². The number of fused-ring (bicyclic) bond motifs is 1. The van der Waals surface area contributed by atoms with Crippen molar-refractivity contribution >= 4 is 10.9 Å². The number of aliphatic hydroxyl groups excluding tert-OH is 1. The van der Waals surface area contributed by atoms with Crippen LogP contribution in [0.15, 0.2) is 60.8 Å². The Bertz CT molecular complexity index is 706. The second-order valence-corrected chi connectivity index (χ2v) is 5.59. The first-order valence-electron chi connectivity index (χ1n) is 7.79. The zero-order valence-corrected chi connectivity index (χ0v) is 12.7. The lowest BCUT2D eigenvalue weighted by Crippen LogP contribution is -2.28. The highest BCUT2D eigenvalue weighted by Gasteiger charge is 2.08. The van der Waals surface area contributed by atoms with Crippen molar-refractivity contribution in [3.05, 3.63) is 71.9 Å². The zero-order valence-electron chi connectivity index (χ0n) is 12.7. The largest absolute Gasteiger partial charge is 0.395 e. The minimum atomic E-state index is 0.195. The molecule has 3 rings (SSSR count). The highest BCUT2D eigenvalue weighted by molar-refractivity contribution is 5.83. The Morgan fingerprint density at radius 2 is 1.68 bits per heavy atom. The summed E-state index contributed by atoms with van der Waals surface area (Å²) in [5.74, 6) is 0. The van der Waals surface area contributed by atoms with Gasteiger partial charge in [0.15, 0.2) is 0 Å². The molecule has 0 aliphatic rings. The summed E-state index contributed by atoms with van der Waals surface area (Å²) in [6, 6.07) is 18.8. The third-order valence-corrected chi connectivity index (χ3v) is 4.04. The molecular weight excluding hydrogens is 272 g/mol. The Morgan fingerprint density at radius 3 is 2.50 bits per heavy atom. The van der Waals surface area contributed by atoms with E-state index < -0.39 is 0 Å². The SMILES string of the molecule is OCCN(CCc1c[nH]c2ccccc12)Cc1ccccc1. The number of benzene rings is 2. The fourth-order valence-corrected chi connectivity index (χ4v) is 2.87. The molecule has 0 aliphatic carbocycles. The number of hydrogen-bond acceptors (Lipinski definition) is 2. The molecule has 1 aromatic heterocycles. The normalized spacial score (nSPS) is 11.4. The van der Waals surface area contributed by atoms with Crippen LogP contribution in [0.2, 0.25) is 0 Å². The Hall–Kier alpha value is -2.10. The third-order valence-electron chi connectivity index (χ3n) is 4.04. The number of nitrogens with zero attached hydrogens (tertiary/aromatic N) is 1. The van der Waals surface area contributed by atoms with Gasteiger partial charge in [0.2, 0.25) is 0 Å². The molecule has 0 saturated heterocycles. The quantitative estimate of drug-likeness (QED) is 0.702. The van der Waals surface area contributed by atoms with E-state index in [-0.39, 0.29) is 6.61 Å². The molecule has 0 fully saturated rings. The van der Waals surface area contributed by atoms with Gasteiger partial charge in [0.25, 0.3) is 0 Å². The van der Waals surface area contributed by atoms with E-state index in [1.807, 2.05) is 6.07 Å². The number of hydrogen-bond donors (Lipinski definition) is 2. The fraction of sp³-hybridized carbons (Fsp3) is 0.263. The highest BCUT2D eigenvalue weighted by atomic mass is 16.3. The minimum absolute atomic E-state index is 0.195. The maximum atomic E-state index is 9.30. The van der Waals surface area contributed by atoms with Gasteiger partial charge >= 0.3 is 0 Å². The first-order valence-corrected chi connectivity index (χ1v) is 7.79. The number of para-hydroxylation sites is 1. The first-order chi connectivity index (χ1) is 10.9. The summed E-state index contributed by atoms with van der Waals surface area (Å²) in [5, 5.41) is 10.6. The Morgan fingerprint density at radius 1 is 0.909 bits per heavy atom. The molecule has 0 atom stereocenters. The summed E-state index contributed by atoms with van der Waals surface area (Å²) in [7, 11) is 0. The standard InChI is InChI=1S/C19H22N2O/c22-13-12-21(15-16-6-2-1-3-7-16)11-10-17-14-20-19-9-5-4-8-18(17)19/h1-9,14,20,22H,10-13,15H2. The lowest BCUT2D eigenvalue weighted by molar-refractivity contribution is 0.192. The van der Waals surface area contributed by atoms with E-state index in [1.165, 1.54) is 22.0 Å². The van der Waals surface area contributed by atoms with Gasteiger partial charge in [0.05, 0.1) is 6.61 Å². The van der Waals surface area contributed by atoms with Crippen molar-refractivity contribution in [2.45, 2.75) is 13.0 Å². The van der Waals surface area contributed by atoms with Gasteiger partial charge in [-0.2, -0.15) is 0 Å². The van der Waals surface area contributed by atoms with Gasteiger partial charge in [-0.25, -0.2) is 0 Å². The Balaban J connectivity index is 1.66. The van der Waals surface area contributed by atoms with Crippen LogP contribution in [-0.4, -0.2) is 34.7 Å². The van der Waals surface area contributed by atoms with Crippen molar-refractivity contribution in [2.75, 3.05) is 19.7 Å². The maximum absolute atomic E-state index is 9.30. The van der Waals surface area contributed by atoms with Crippen molar-refractivity contribution in [1.82, 2.24) is 9.88 Å². The van der Waals surface area contributed by atoms with Crippen LogP contribution in [0, 0.1) is 0 Å². The van der Waals surface area contributed by atoms with Crippen molar-refractivity contribution in [3.8, 4) is 0 Å². The van der Waals surface area contributed by atoms with Gasteiger partial charge in [-0.05, 0) is 23.6 Å². The van der Waals surface area contributed by atoms with Gasteiger partial charge in [-0.15, -0.1) is 0 Å². The fourth-order valence-electron chi connectivity index (χ4n) is 2.87. The first kappa shape index (κ1) is 14.8. The lowest BCUT2D eigenvalue weighted by atomic mass is 10.1. The molecule has 3 aromatic rings. The summed E-state index contributed by atoms with van der Waals surface area (Å²) >= 11 is 0. The minimum Gasteiger partial charge on any atom is -0.395 e. The highest BCUT2D eigenvalue weighted by Crippen LogP contribution is 2.18. The molecule has 0 unspecified atom stereocenters. The number of aliphatic hydroxyl groups is 1. The maximum Gasteiger partial charge on any atom is 0.0558 e. The van der Waals surface area contributed by atoms with Crippen LogP contribution in [0.5, 0.6) is 0 Å². The van der Waals surface area contributed by atoms with E-state index in [1.54, 1.807) is 0 Å². The van der Waals surface area contributed by atoms with E-state index in [0.29, 0.717) is 6.54 Å². The molecule has 1 heterocycles. The van der Waals surface area contributed by atoms with Crippen LogP contribution in [0.1, 0.15) is 11.1 Å². The Labute approximate surface area is 131 Å². The monoisotopic (exact) mass is 294 g/mol. The molecule has 114 valence electrons. The molecule has 0 spiro atoms. The van der Waals surface area contributed by atoms with Crippen LogP contribution < -0.4 is 0 Å². The van der Waals surface area contributed by atoms with Gasteiger partial charge in [0, 0.05) is 36.7 Å². The third kappa shape index (κ3) is 3.56. The molecular formula is C19H22N2O. The predicted octanol–water partition coefficient (Wildman–Crippen LogP) is 3.20. The summed E-state index contributed by atoms with van der Waals surface area (Å²) in [5.41, 5.74) is 3.82. The average molecular weight is 294 g/mol. The molecule has 0 radical (unpaired) electrons. The van der Waals surface area contributed by atoms with Crippen molar-refractivity contribution in [1.29, 1.82) is 0 Å². The molecule has 0 saturated carbocycles. The van der Waals surface area contributed by atoms with Crippen LogP contribution in [0.25, 0.3) is 10.9 Å². The van der Waals surface area contributed by atoms with Crippen LogP contribution >= 0.6 is 0 Å². The number of rotatable bonds is 7. The zero-order chi connectivity index (χ0) is 15.2. The molecule has 0 bridgehead atoms. The molecule has 2 aromatic carbocycles. The molecule has 22 heavy (non-hydrogen) atoms. The summed E-state index contributed by atoms with van der Waals surface area (Å²) in [6.07, 6.45) is 3.08. The number of aromatic amines is 1. The van der Waals surface area contributed by atoms with Crippen LogP contribution in [0.4, 0.5) is 0 Å².